The molecule has 1 fully saturated rings. The monoisotopic (exact) mass is 153 g/mol. The maximum Gasteiger partial charge on any atom is 0.130 e. The molecule has 1 N–H and O–H groups in total. The Bertz CT molecular complexity index is 111. The van der Waals surface area contributed by atoms with E-state index >= 15 is 0 Å². The van der Waals surface area contributed by atoms with E-state index in [1.54, 1.807) is 0 Å². The summed E-state index contributed by atoms with van der Waals surface area (Å²) in [6.07, 6.45) is 2.77. The van der Waals surface area contributed by atoms with Gasteiger partial charge in [-0.25, -0.2) is 0 Å². The van der Waals surface area contributed by atoms with E-state index in [0.717, 1.165) is 5.82 Å². The van der Waals surface area contributed by atoms with E-state index in [1.165, 1.54) is 33.2 Å². The Balaban J connectivity index is 2.24. The van der Waals surface area contributed by atoms with Crippen molar-refractivity contribution >= 4 is 7.28 Å². The zero-order valence-electron chi connectivity index (χ0n) is 8.11. The fourth-order valence-electron chi connectivity index (χ4n) is 1.95. The first-order valence-corrected chi connectivity index (χ1v) is 4.79. The lowest BCUT2D eigenvalue weighted by Gasteiger charge is -2.27. The topological polar surface area (TPSA) is 12.0 Å². The first-order valence-electron chi connectivity index (χ1n) is 4.79. The predicted octanol–water partition coefficient (Wildman–Crippen LogP) is 1.81. The van der Waals surface area contributed by atoms with E-state index in [4.69, 9.17) is 0 Å². The van der Waals surface area contributed by atoms with Crippen molar-refractivity contribution in [3.05, 3.63) is 0 Å². The highest BCUT2D eigenvalue weighted by molar-refractivity contribution is 6.41. The van der Waals surface area contributed by atoms with E-state index < -0.39 is 0 Å². The van der Waals surface area contributed by atoms with Crippen LogP contribution in [0.2, 0.25) is 11.1 Å². The summed E-state index contributed by atoms with van der Waals surface area (Å²) in [4.78, 5) is 0. The summed E-state index contributed by atoms with van der Waals surface area (Å²) < 4.78 is 0. The molecule has 0 spiro atoms. The Labute approximate surface area is 71.2 Å². The number of hydrogen-bond donors (Lipinski definition) is 1. The minimum absolute atomic E-state index is 0.530. The van der Waals surface area contributed by atoms with Gasteiger partial charge in [-0.1, -0.05) is 31.9 Å². The van der Waals surface area contributed by atoms with Crippen molar-refractivity contribution < 1.29 is 0 Å². The van der Waals surface area contributed by atoms with Gasteiger partial charge in [0.15, 0.2) is 0 Å². The summed E-state index contributed by atoms with van der Waals surface area (Å²) in [6.45, 7) is 9.50. The summed E-state index contributed by atoms with van der Waals surface area (Å²) in [5.74, 6) is 0.983. The van der Waals surface area contributed by atoms with Crippen LogP contribution in [0.5, 0.6) is 0 Å². The van der Waals surface area contributed by atoms with Crippen molar-refractivity contribution in [1.29, 1.82) is 0 Å². The van der Waals surface area contributed by atoms with Gasteiger partial charge in [0.1, 0.15) is 7.28 Å². The summed E-state index contributed by atoms with van der Waals surface area (Å²) in [6, 6.07) is 0. The van der Waals surface area contributed by atoms with Gasteiger partial charge < -0.3 is 5.32 Å². The fourth-order valence-corrected chi connectivity index (χ4v) is 1.95. The van der Waals surface area contributed by atoms with E-state index in [2.05, 4.69) is 26.1 Å². The van der Waals surface area contributed by atoms with E-state index in [-0.39, 0.29) is 0 Å². The van der Waals surface area contributed by atoms with Gasteiger partial charge in [0.05, 0.1) is 0 Å². The van der Waals surface area contributed by atoms with Crippen molar-refractivity contribution in [2.24, 2.45) is 0 Å². The lowest BCUT2D eigenvalue weighted by Crippen LogP contribution is -2.29. The predicted molar refractivity (Wildman–Crippen MR) is 52.7 cm³/mol. The standard InChI is InChI=1S/C9H20BN/c1-9(2,3)10-8-4-6-11-7-5-8/h8,10-11H,4-7H2,1-3H3. The molecule has 1 heterocycles. The second-order valence-electron chi connectivity index (χ2n) is 4.96. The molecule has 64 valence electrons. The van der Waals surface area contributed by atoms with Gasteiger partial charge >= 0.3 is 0 Å². The van der Waals surface area contributed by atoms with Crippen molar-refractivity contribution in [2.45, 2.75) is 44.7 Å². The fraction of sp³-hybridized carbons (Fsp3) is 1.00. The van der Waals surface area contributed by atoms with E-state index in [1.807, 2.05) is 0 Å². The molecule has 0 unspecified atom stereocenters. The quantitative estimate of drug-likeness (QED) is 0.566. The van der Waals surface area contributed by atoms with Crippen LogP contribution in [0.3, 0.4) is 0 Å². The Kier molecular flexibility index (Phi) is 3.00. The highest BCUT2D eigenvalue weighted by atomic mass is 14.9. The van der Waals surface area contributed by atoms with Crippen LogP contribution < -0.4 is 5.32 Å². The highest BCUT2D eigenvalue weighted by Gasteiger charge is 2.21. The second kappa shape index (κ2) is 3.62. The minimum atomic E-state index is 0.530. The van der Waals surface area contributed by atoms with Gasteiger partial charge in [-0.2, -0.15) is 0 Å². The number of nitrogens with one attached hydrogen (secondary N) is 1. The maximum absolute atomic E-state index is 3.40. The van der Waals surface area contributed by atoms with Gasteiger partial charge in [0, 0.05) is 0 Å². The van der Waals surface area contributed by atoms with Crippen molar-refractivity contribution in [2.75, 3.05) is 13.1 Å². The molecule has 1 nitrogen and oxygen atoms in total. The molecule has 1 aliphatic heterocycles. The number of rotatable bonds is 1. The first-order chi connectivity index (χ1) is 5.08. The molecule has 0 radical (unpaired) electrons. The summed E-state index contributed by atoms with van der Waals surface area (Å²) >= 11 is 0. The van der Waals surface area contributed by atoms with Crippen LogP contribution in [0.1, 0.15) is 33.6 Å². The Hall–Kier alpha value is 0.0249. The number of piperidine rings is 1. The van der Waals surface area contributed by atoms with E-state index in [9.17, 15) is 0 Å². The van der Waals surface area contributed by atoms with Gasteiger partial charge in [0.2, 0.25) is 0 Å². The molecule has 0 aromatic heterocycles. The third-order valence-electron chi connectivity index (χ3n) is 2.36. The third-order valence-corrected chi connectivity index (χ3v) is 2.36. The van der Waals surface area contributed by atoms with Crippen LogP contribution >= 0.6 is 0 Å². The minimum Gasteiger partial charge on any atom is -0.317 e. The van der Waals surface area contributed by atoms with Crippen LogP contribution in [-0.2, 0) is 0 Å². The molecule has 0 aliphatic carbocycles. The Morgan fingerprint density at radius 3 is 2.18 bits per heavy atom. The smallest absolute Gasteiger partial charge is 0.130 e. The zero-order valence-corrected chi connectivity index (χ0v) is 8.11. The SMILES string of the molecule is CC(C)(C)BC1CCNCC1. The molecule has 1 saturated heterocycles. The highest BCUT2D eigenvalue weighted by Crippen LogP contribution is 2.30. The number of hydrogen-bond acceptors (Lipinski definition) is 1. The van der Waals surface area contributed by atoms with Crippen molar-refractivity contribution in [1.82, 2.24) is 5.32 Å². The molecule has 11 heavy (non-hydrogen) atoms. The molecule has 0 aromatic rings. The molecule has 0 bridgehead atoms. The van der Waals surface area contributed by atoms with Gasteiger partial charge in [-0.05, 0) is 25.9 Å². The molecular weight excluding hydrogens is 133 g/mol. The molecular formula is C9H20BN. The molecule has 1 rings (SSSR count). The van der Waals surface area contributed by atoms with Gasteiger partial charge in [-0.3, -0.25) is 0 Å². The lowest BCUT2D eigenvalue weighted by atomic mass is 9.46. The van der Waals surface area contributed by atoms with Gasteiger partial charge in [-0.15, -0.1) is 0 Å². The summed E-state index contributed by atoms with van der Waals surface area (Å²) in [7, 11) is 1.40. The van der Waals surface area contributed by atoms with Gasteiger partial charge in [0.25, 0.3) is 0 Å². The first kappa shape index (κ1) is 9.12. The van der Waals surface area contributed by atoms with Crippen molar-refractivity contribution in [3.63, 3.8) is 0 Å². The van der Waals surface area contributed by atoms with Crippen LogP contribution in [0, 0.1) is 0 Å². The Morgan fingerprint density at radius 2 is 1.73 bits per heavy atom. The molecule has 0 atom stereocenters. The molecule has 2 heteroatoms. The second-order valence-corrected chi connectivity index (χ2v) is 4.96. The zero-order chi connectivity index (χ0) is 8.32. The average molecular weight is 153 g/mol. The summed E-state index contributed by atoms with van der Waals surface area (Å²) in [5, 5.41) is 3.93. The maximum atomic E-state index is 3.40. The van der Waals surface area contributed by atoms with Crippen LogP contribution in [-0.4, -0.2) is 20.4 Å². The normalized spacial score (nSPS) is 21.7. The van der Waals surface area contributed by atoms with Crippen LogP contribution in [0.15, 0.2) is 0 Å². The van der Waals surface area contributed by atoms with Crippen molar-refractivity contribution in [3.8, 4) is 0 Å². The average Bonchev–Trinajstić information content (AvgIpc) is 1.85. The summed E-state index contributed by atoms with van der Waals surface area (Å²) in [5.41, 5.74) is 0. The third kappa shape index (κ3) is 3.81. The van der Waals surface area contributed by atoms with Crippen LogP contribution in [0.25, 0.3) is 0 Å². The van der Waals surface area contributed by atoms with E-state index in [0.29, 0.717) is 5.31 Å². The molecule has 1 aliphatic rings. The molecule has 0 amide bonds. The Morgan fingerprint density at radius 1 is 1.18 bits per heavy atom. The largest absolute Gasteiger partial charge is 0.317 e. The lowest BCUT2D eigenvalue weighted by molar-refractivity contribution is 0.508. The van der Waals surface area contributed by atoms with Crippen LogP contribution in [0.4, 0.5) is 0 Å². The molecule has 0 saturated carbocycles. The molecule has 0 aromatic carbocycles.